The van der Waals surface area contributed by atoms with Gasteiger partial charge in [0.25, 0.3) is 0 Å². The van der Waals surface area contributed by atoms with E-state index in [1.54, 1.807) is 0 Å². The van der Waals surface area contributed by atoms with E-state index in [-0.39, 0.29) is 18.9 Å². The molecule has 0 radical (unpaired) electrons. The van der Waals surface area contributed by atoms with Gasteiger partial charge in [-0.1, -0.05) is 44.2 Å². The minimum Gasteiger partial charge on any atom is -0.475 e. The molecule has 174 valence electrons. The molecule has 0 aliphatic heterocycles. The number of ether oxygens (including phenoxy) is 1. The van der Waals surface area contributed by atoms with Crippen molar-refractivity contribution in [1.29, 1.82) is 0 Å². The number of hydrogen-bond acceptors (Lipinski definition) is 6. The van der Waals surface area contributed by atoms with E-state index in [0.717, 1.165) is 5.56 Å². The second kappa shape index (κ2) is 13.2. The van der Waals surface area contributed by atoms with E-state index in [4.69, 9.17) is 26.1 Å². The summed E-state index contributed by atoms with van der Waals surface area (Å²) in [5.41, 5.74) is 11.8. The lowest BCUT2D eigenvalue weighted by atomic mass is 10.0. The van der Waals surface area contributed by atoms with Gasteiger partial charge in [-0.25, -0.2) is 4.79 Å². The van der Waals surface area contributed by atoms with Crippen molar-refractivity contribution in [2.24, 2.45) is 17.4 Å². The maximum Gasteiger partial charge on any atom is 0.490 e. The Morgan fingerprint density at radius 1 is 1.13 bits per heavy atom. The highest BCUT2D eigenvalue weighted by Gasteiger charge is 2.38. The number of benzene rings is 1. The Morgan fingerprint density at radius 2 is 1.65 bits per heavy atom. The van der Waals surface area contributed by atoms with Crippen LogP contribution in [0, 0.1) is 5.92 Å². The molecule has 0 bridgehead atoms. The van der Waals surface area contributed by atoms with Gasteiger partial charge in [0, 0.05) is 0 Å². The second-order valence-corrected chi connectivity index (χ2v) is 6.85. The minimum atomic E-state index is -5.08. The van der Waals surface area contributed by atoms with Crippen LogP contribution in [-0.2, 0) is 30.5 Å². The lowest BCUT2D eigenvalue weighted by Crippen LogP contribution is -2.51. The number of carboxylic acid groups (broad SMARTS) is 1. The Balaban J connectivity index is 0.00000110. The zero-order valence-corrected chi connectivity index (χ0v) is 17.0. The maximum absolute atomic E-state index is 12.0. The van der Waals surface area contributed by atoms with Gasteiger partial charge in [-0.15, -0.1) is 0 Å². The van der Waals surface area contributed by atoms with Crippen LogP contribution < -0.4 is 16.8 Å². The third-order valence-electron chi connectivity index (χ3n) is 3.58. The molecule has 1 aromatic carbocycles. The molecular formula is C19H26F3N3O6. The molecule has 31 heavy (non-hydrogen) atoms. The van der Waals surface area contributed by atoms with Crippen molar-refractivity contribution in [2.45, 2.75) is 51.6 Å². The topological polar surface area (TPSA) is 162 Å². The van der Waals surface area contributed by atoms with Crippen molar-refractivity contribution in [2.75, 3.05) is 0 Å². The van der Waals surface area contributed by atoms with Gasteiger partial charge in [-0.3, -0.25) is 14.4 Å². The molecule has 2 amide bonds. The molecule has 1 aromatic rings. The van der Waals surface area contributed by atoms with E-state index in [2.05, 4.69) is 5.32 Å². The number of carboxylic acids is 1. The highest BCUT2D eigenvalue weighted by atomic mass is 19.4. The van der Waals surface area contributed by atoms with Crippen LogP contribution >= 0.6 is 0 Å². The first-order valence-electron chi connectivity index (χ1n) is 9.09. The maximum atomic E-state index is 12.0. The molecule has 0 aliphatic rings. The third kappa shape index (κ3) is 12.9. The molecule has 6 N–H and O–H groups in total. The lowest BCUT2D eigenvalue weighted by Gasteiger charge is -2.19. The summed E-state index contributed by atoms with van der Waals surface area (Å²) in [4.78, 5) is 44.2. The summed E-state index contributed by atoms with van der Waals surface area (Å²) in [6, 6.07) is 7.23. The number of amides is 2. The van der Waals surface area contributed by atoms with Gasteiger partial charge >= 0.3 is 18.1 Å². The molecular weight excluding hydrogens is 423 g/mol. The Labute approximate surface area is 176 Å². The van der Waals surface area contributed by atoms with Gasteiger partial charge in [0.15, 0.2) is 0 Å². The number of nitrogens with one attached hydrogen (secondary N) is 1. The number of aliphatic carboxylic acids is 1. The fraction of sp³-hybridized carbons (Fsp3) is 0.474. The van der Waals surface area contributed by atoms with Gasteiger partial charge in [0.2, 0.25) is 11.8 Å². The summed E-state index contributed by atoms with van der Waals surface area (Å²) >= 11 is 0. The number of hydrogen-bond donors (Lipinski definition) is 4. The Morgan fingerprint density at radius 3 is 2.06 bits per heavy atom. The van der Waals surface area contributed by atoms with E-state index in [1.807, 2.05) is 44.2 Å². The van der Waals surface area contributed by atoms with Crippen molar-refractivity contribution in [3.8, 4) is 0 Å². The van der Waals surface area contributed by atoms with Crippen LogP contribution in [0.25, 0.3) is 0 Å². The number of alkyl halides is 3. The van der Waals surface area contributed by atoms with Crippen molar-refractivity contribution < 1.29 is 42.2 Å². The predicted molar refractivity (Wildman–Crippen MR) is 103 cm³/mol. The number of rotatable bonds is 9. The molecule has 0 fully saturated rings. The van der Waals surface area contributed by atoms with E-state index < -0.39 is 42.0 Å². The summed E-state index contributed by atoms with van der Waals surface area (Å²) in [5, 5.41) is 9.54. The minimum absolute atomic E-state index is 0.0893. The predicted octanol–water partition coefficient (Wildman–Crippen LogP) is 1.10. The van der Waals surface area contributed by atoms with E-state index in [0.29, 0.717) is 6.42 Å². The van der Waals surface area contributed by atoms with Crippen LogP contribution in [0.5, 0.6) is 0 Å². The summed E-state index contributed by atoms with van der Waals surface area (Å²) < 4.78 is 36.8. The third-order valence-corrected chi connectivity index (χ3v) is 3.58. The van der Waals surface area contributed by atoms with E-state index >= 15 is 0 Å². The fourth-order valence-electron chi connectivity index (χ4n) is 2.08. The molecule has 1 rings (SSSR count). The van der Waals surface area contributed by atoms with Crippen LogP contribution in [0.15, 0.2) is 30.3 Å². The zero-order valence-electron chi connectivity index (χ0n) is 17.0. The van der Waals surface area contributed by atoms with Gasteiger partial charge in [-0.2, -0.15) is 13.2 Å². The zero-order chi connectivity index (χ0) is 24.2. The molecule has 0 saturated carbocycles. The molecule has 12 heteroatoms. The molecule has 0 aromatic heterocycles. The van der Waals surface area contributed by atoms with Crippen LogP contribution in [0.2, 0.25) is 0 Å². The number of esters is 1. The van der Waals surface area contributed by atoms with Crippen molar-refractivity contribution in [3.63, 3.8) is 0 Å². The average Bonchev–Trinajstić information content (AvgIpc) is 2.65. The fourth-order valence-corrected chi connectivity index (χ4v) is 2.08. The summed E-state index contributed by atoms with van der Waals surface area (Å²) in [6.45, 7) is 3.95. The van der Waals surface area contributed by atoms with Gasteiger partial charge in [-0.05, 0) is 17.9 Å². The summed E-state index contributed by atoms with van der Waals surface area (Å²) in [5.74, 6) is -4.47. The van der Waals surface area contributed by atoms with Crippen LogP contribution in [0.3, 0.4) is 0 Å². The highest BCUT2D eigenvalue weighted by molar-refractivity contribution is 5.91. The number of carbonyl (C=O) groups excluding carboxylic acids is 3. The molecule has 0 saturated heterocycles. The largest absolute Gasteiger partial charge is 0.490 e. The highest BCUT2D eigenvalue weighted by Crippen LogP contribution is 2.13. The van der Waals surface area contributed by atoms with Crippen molar-refractivity contribution in [1.82, 2.24) is 5.32 Å². The normalized spacial score (nSPS) is 12.7. The molecule has 0 unspecified atom stereocenters. The quantitative estimate of drug-likeness (QED) is 0.410. The summed E-state index contributed by atoms with van der Waals surface area (Å²) in [7, 11) is 0. The first kappa shape index (κ1) is 27.8. The summed E-state index contributed by atoms with van der Waals surface area (Å²) in [6.07, 6.45) is -4.95. The van der Waals surface area contributed by atoms with E-state index in [9.17, 15) is 27.6 Å². The number of primary amides is 1. The first-order chi connectivity index (χ1) is 14.2. The smallest absolute Gasteiger partial charge is 0.475 e. The Hall–Kier alpha value is -3.15. The van der Waals surface area contributed by atoms with Gasteiger partial charge in [0.05, 0.1) is 12.5 Å². The van der Waals surface area contributed by atoms with Crippen LogP contribution in [0.4, 0.5) is 13.2 Å². The number of halogens is 3. The SMILES string of the molecule is CC(C)C[C@@H](N)C(=O)N[C@H](CC(=O)OCc1ccccc1)C(N)=O.O=C(O)C(F)(F)F. The van der Waals surface area contributed by atoms with Gasteiger partial charge < -0.3 is 26.6 Å². The number of nitrogens with two attached hydrogens (primary N) is 2. The number of carbonyl (C=O) groups is 4. The van der Waals surface area contributed by atoms with E-state index in [1.165, 1.54) is 0 Å². The monoisotopic (exact) mass is 449 g/mol. The molecule has 2 atom stereocenters. The molecule has 0 aliphatic carbocycles. The Kier molecular flexibility index (Phi) is 11.9. The van der Waals surface area contributed by atoms with Crippen LogP contribution in [0.1, 0.15) is 32.3 Å². The average molecular weight is 449 g/mol. The Bertz CT molecular complexity index is 741. The standard InChI is InChI=1S/C17H25N3O4.C2HF3O2/c1-11(2)8-13(18)17(23)20-14(16(19)22)9-15(21)24-10-12-6-4-3-5-7-12;3-2(4,5)1(6)7/h3-7,11,13-14H,8-10,18H2,1-2H3,(H2,19,22)(H,20,23);(H,6,7)/t13-,14-;/m1./s1. The second-order valence-electron chi connectivity index (χ2n) is 6.85. The molecule has 0 spiro atoms. The van der Waals surface area contributed by atoms with Crippen molar-refractivity contribution in [3.05, 3.63) is 35.9 Å². The molecule has 0 heterocycles. The lowest BCUT2D eigenvalue weighted by molar-refractivity contribution is -0.192. The molecule has 9 nitrogen and oxygen atoms in total. The van der Waals surface area contributed by atoms with Crippen LogP contribution in [-0.4, -0.2) is 47.1 Å². The van der Waals surface area contributed by atoms with Gasteiger partial charge in [0.1, 0.15) is 12.6 Å². The first-order valence-corrected chi connectivity index (χ1v) is 9.09. The van der Waals surface area contributed by atoms with Crippen molar-refractivity contribution >= 4 is 23.8 Å².